The molecule has 0 rings (SSSR count). The van der Waals surface area contributed by atoms with Crippen molar-refractivity contribution in [3.63, 3.8) is 0 Å². The van der Waals surface area contributed by atoms with Crippen LogP contribution < -0.4 is 6.15 Å². The number of ether oxygens (including phenoxy) is 1. The average molecular weight is 428 g/mol. The molecular formula is C27H57NO2. The van der Waals surface area contributed by atoms with Crippen molar-refractivity contribution in [2.45, 2.75) is 162 Å². The van der Waals surface area contributed by atoms with Crippen molar-refractivity contribution in [1.29, 1.82) is 0 Å². The first-order valence-electron chi connectivity index (χ1n) is 13.5. The van der Waals surface area contributed by atoms with Crippen LogP contribution >= 0.6 is 0 Å². The van der Waals surface area contributed by atoms with Crippen LogP contribution in [0.25, 0.3) is 0 Å². The lowest BCUT2D eigenvalue weighted by atomic mass is 10.0. The molecular weight excluding hydrogens is 370 g/mol. The van der Waals surface area contributed by atoms with Crippen molar-refractivity contribution in [3.8, 4) is 0 Å². The lowest BCUT2D eigenvalue weighted by molar-refractivity contribution is -0.143. The first-order chi connectivity index (χ1) is 14.3. The zero-order valence-electron chi connectivity index (χ0n) is 21.0. The van der Waals surface area contributed by atoms with E-state index in [9.17, 15) is 4.79 Å². The number of rotatable bonds is 24. The summed E-state index contributed by atoms with van der Waals surface area (Å²) in [5.41, 5.74) is 0. The molecule has 0 aliphatic rings. The molecule has 0 aromatic heterocycles. The van der Waals surface area contributed by atoms with E-state index in [1.54, 1.807) is 0 Å². The Morgan fingerprint density at radius 3 is 1.13 bits per heavy atom. The molecule has 0 fully saturated rings. The predicted octanol–water partition coefficient (Wildman–Crippen LogP) is 9.70. The average Bonchev–Trinajstić information content (AvgIpc) is 2.73. The minimum atomic E-state index is 0. The maximum Gasteiger partial charge on any atom is 0.305 e. The van der Waals surface area contributed by atoms with E-state index in [0.717, 1.165) is 12.8 Å². The molecule has 3 N–H and O–H groups in total. The van der Waals surface area contributed by atoms with Gasteiger partial charge in [0.2, 0.25) is 0 Å². The topological polar surface area (TPSA) is 61.3 Å². The number of carbonyl (C=O) groups excluding carboxylic acids is 1. The number of carbonyl (C=O) groups is 1. The zero-order valence-corrected chi connectivity index (χ0v) is 21.0. The Labute approximate surface area is 190 Å². The summed E-state index contributed by atoms with van der Waals surface area (Å²) in [5.74, 6) is 0.0152. The fourth-order valence-corrected chi connectivity index (χ4v) is 3.96. The number of hydrogen-bond acceptors (Lipinski definition) is 3. The Balaban J connectivity index is 0. The molecule has 0 saturated heterocycles. The van der Waals surface area contributed by atoms with Gasteiger partial charge in [0.1, 0.15) is 0 Å². The summed E-state index contributed by atoms with van der Waals surface area (Å²) >= 11 is 0. The van der Waals surface area contributed by atoms with E-state index in [4.69, 9.17) is 4.74 Å². The molecule has 0 bridgehead atoms. The molecule has 3 heteroatoms. The van der Waals surface area contributed by atoms with Crippen molar-refractivity contribution in [2.24, 2.45) is 0 Å². The summed E-state index contributed by atoms with van der Waals surface area (Å²) in [7, 11) is 0. The SMILES string of the molecule is CCCCCCCCCCCCCCCCCCOC(=O)CCCCCCCC.N. The van der Waals surface area contributed by atoms with Crippen LogP contribution in [0.3, 0.4) is 0 Å². The summed E-state index contributed by atoms with van der Waals surface area (Å²) < 4.78 is 5.35. The largest absolute Gasteiger partial charge is 0.466 e. The van der Waals surface area contributed by atoms with E-state index < -0.39 is 0 Å². The highest BCUT2D eigenvalue weighted by molar-refractivity contribution is 5.69. The van der Waals surface area contributed by atoms with Gasteiger partial charge in [-0.25, -0.2) is 0 Å². The van der Waals surface area contributed by atoms with E-state index in [1.165, 1.54) is 128 Å². The van der Waals surface area contributed by atoms with E-state index in [2.05, 4.69) is 13.8 Å². The van der Waals surface area contributed by atoms with Crippen LogP contribution in [0.4, 0.5) is 0 Å². The van der Waals surface area contributed by atoms with Gasteiger partial charge in [0.05, 0.1) is 6.61 Å². The van der Waals surface area contributed by atoms with E-state index in [1.807, 2.05) is 0 Å². The van der Waals surface area contributed by atoms with Crippen LogP contribution in [0.5, 0.6) is 0 Å². The fourth-order valence-electron chi connectivity index (χ4n) is 3.96. The fraction of sp³-hybridized carbons (Fsp3) is 0.963. The standard InChI is InChI=1S/C27H54O2.H3N/c1-3-5-7-9-11-12-13-14-15-16-17-18-19-20-22-24-26-29-27(28)25-23-21-10-8-6-4-2;/h3-26H2,1-2H3;1H3. The van der Waals surface area contributed by atoms with Crippen LogP contribution in [-0.4, -0.2) is 12.6 Å². The smallest absolute Gasteiger partial charge is 0.305 e. The lowest BCUT2D eigenvalue weighted by Crippen LogP contribution is -2.05. The molecule has 30 heavy (non-hydrogen) atoms. The number of unbranched alkanes of at least 4 members (excludes halogenated alkanes) is 20. The van der Waals surface area contributed by atoms with Gasteiger partial charge in [-0.3, -0.25) is 4.79 Å². The van der Waals surface area contributed by atoms with Crippen LogP contribution in [0.2, 0.25) is 0 Å². The van der Waals surface area contributed by atoms with Crippen molar-refractivity contribution in [2.75, 3.05) is 6.61 Å². The second-order valence-corrected chi connectivity index (χ2v) is 9.04. The molecule has 0 heterocycles. The molecule has 0 aliphatic heterocycles. The first-order valence-corrected chi connectivity index (χ1v) is 13.5. The maximum absolute atomic E-state index is 11.7. The predicted molar refractivity (Wildman–Crippen MR) is 134 cm³/mol. The third kappa shape index (κ3) is 27.4. The molecule has 0 aromatic carbocycles. The monoisotopic (exact) mass is 427 g/mol. The third-order valence-electron chi connectivity index (χ3n) is 6.00. The van der Waals surface area contributed by atoms with Gasteiger partial charge in [-0.1, -0.05) is 142 Å². The van der Waals surface area contributed by atoms with Gasteiger partial charge in [-0.15, -0.1) is 0 Å². The quantitative estimate of drug-likeness (QED) is 0.123. The minimum Gasteiger partial charge on any atom is -0.466 e. The molecule has 0 aromatic rings. The second-order valence-electron chi connectivity index (χ2n) is 9.04. The van der Waals surface area contributed by atoms with Gasteiger partial charge in [-0.05, 0) is 12.8 Å². The van der Waals surface area contributed by atoms with Gasteiger partial charge >= 0.3 is 5.97 Å². The van der Waals surface area contributed by atoms with Crippen LogP contribution in [-0.2, 0) is 9.53 Å². The third-order valence-corrected chi connectivity index (χ3v) is 6.00. The maximum atomic E-state index is 11.7. The molecule has 0 saturated carbocycles. The highest BCUT2D eigenvalue weighted by Gasteiger charge is 2.02. The molecule has 0 radical (unpaired) electrons. The summed E-state index contributed by atoms with van der Waals surface area (Å²) in [6, 6.07) is 0. The Kier molecular flexibility index (Phi) is 30.0. The molecule has 0 aliphatic carbocycles. The minimum absolute atomic E-state index is 0. The van der Waals surface area contributed by atoms with Crippen molar-refractivity contribution >= 4 is 5.97 Å². The highest BCUT2D eigenvalue weighted by atomic mass is 16.5. The van der Waals surface area contributed by atoms with Gasteiger partial charge in [0.15, 0.2) is 0 Å². The van der Waals surface area contributed by atoms with Crippen LogP contribution in [0, 0.1) is 0 Å². The lowest BCUT2D eigenvalue weighted by Gasteiger charge is -2.05. The normalized spacial score (nSPS) is 10.7. The Morgan fingerprint density at radius 2 is 0.767 bits per heavy atom. The Morgan fingerprint density at radius 1 is 0.467 bits per heavy atom. The van der Waals surface area contributed by atoms with Crippen LogP contribution in [0.15, 0.2) is 0 Å². The summed E-state index contributed by atoms with van der Waals surface area (Å²) in [4.78, 5) is 11.7. The van der Waals surface area contributed by atoms with Gasteiger partial charge in [0, 0.05) is 6.42 Å². The molecule has 182 valence electrons. The molecule has 0 spiro atoms. The number of hydrogen-bond donors (Lipinski definition) is 1. The molecule has 0 unspecified atom stereocenters. The van der Waals surface area contributed by atoms with Crippen molar-refractivity contribution in [3.05, 3.63) is 0 Å². The molecule has 0 amide bonds. The summed E-state index contributed by atoms with van der Waals surface area (Å²) in [5, 5.41) is 0. The second kappa shape index (κ2) is 28.4. The summed E-state index contributed by atoms with van der Waals surface area (Å²) in [6.45, 7) is 5.15. The van der Waals surface area contributed by atoms with Gasteiger partial charge in [-0.2, -0.15) is 0 Å². The van der Waals surface area contributed by atoms with E-state index in [-0.39, 0.29) is 12.1 Å². The first kappa shape index (κ1) is 31.6. The molecule has 3 nitrogen and oxygen atoms in total. The Bertz CT molecular complexity index is 320. The Hall–Kier alpha value is -0.570. The van der Waals surface area contributed by atoms with E-state index in [0.29, 0.717) is 13.0 Å². The van der Waals surface area contributed by atoms with Gasteiger partial charge < -0.3 is 10.9 Å². The number of esters is 1. The van der Waals surface area contributed by atoms with Crippen LogP contribution in [0.1, 0.15) is 162 Å². The zero-order chi connectivity index (χ0) is 21.3. The van der Waals surface area contributed by atoms with E-state index >= 15 is 0 Å². The van der Waals surface area contributed by atoms with Crippen molar-refractivity contribution < 1.29 is 9.53 Å². The van der Waals surface area contributed by atoms with Crippen molar-refractivity contribution in [1.82, 2.24) is 6.15 Å². The summed E-state index contributed by atoms with van der Waals surface area (Å²) in [6.07, 6.45) is 30.0. The van der Waals surface area contributed by atoms with Gasteiger partial charge in [0.25, 0.3) is 0 Å². The molecule has 0 atom stereocenters. The highest BCUT2D eigenvalue weighted by Crippen LogP contribution is 2.14.